The van der Waals surface area contributed by atoms with Gasteiger partial charge in [0.1, 0.15) is 5.82 Å². The van der Waals surface area contributed by atoms with Crippen molar-refractivity contribution in [2.24, 2.45) is 0 Å². The van der Waals surface area contributed by atoms with E-state index in [-0.39, 0.29) is 11.9 Å². The number of hydrogen-bond acceptors (Lipinski definition) is 3. The molecule has 1 N–H and O–H groups in total. The van der Waals surface area contributed by atoms with E-state index in [9.17, 15) is 4.39 Å². The molecule has 2 aromatic rings. The Morgan fingerprint density at radius 3 is 2.78 bits per heavy atom. The van der Waals surface area contributed by atoms with E-state index in [0.29, 0.717) is 0 Å². The summed E-state index contributed by atoms with van der Waals surface area (Å²) in [6.07, 6.45) is 1.87. The van der Waals surface area contributed by atoms with Crippen LogP contribution >= 0.6 is 11.3 Å². The molecule has 1 aromatic heterocycles. The summed E-state index contributed by atoms with van der Waals surface area (Å²) in [6, 6.07) is 4.96. The summed E-state index contributed by atoms with van der Waals surface area (Å²) in [7, 11) is 0. The molecule has 1 atom stereocenters. The zero-order valence-corrected chi connectivity index (χ0v) is 11.6. The largest absolute Gasteiger partial charge is 0.306 e. The number of benzene rings is 1. The lowest BCUT2D eigenvalue weighted by molar-refractivity contribution is 0.604. The quantitative estimate of drug-likeness (QED) is 0.912. The molecule has 18 heavy (non-hydrogen) atoms. The van der Waals surface area contributed by atoms with Gasteiger partial charge in [0.05, 0.1) is 11.0 Å². The second-order valence-electron chi connectivity index (χ2n) is 4.27. The molecule has 0 spiro atoms. The first kappa shape index (κ1) is 13.2. The zero-order valence-electron chi connectivity index (χ0n) is 10.8. The van der Waals surface area contributed by atoms with Crippen LogP contribution in [0.5, 0.6) is 0 Å². The molecule has 1 heterocycles. The standard InChI is InChI=1S/C14H17FN2S/c1-4-16-14(13-8-17-10(3)18-13)12-7-11(15)6-5-9(12)2/h5-8,14,16H,4H2,1-3H3. The number of aromatic nitrogens is 1. The first-order chi connectivity index (χ1) is 8.61. The summed E-state index contributed by atoms with van der Waals surface area (Å²) in [5.74, 6) is -0.195. The Balaban J connectivity index is 2.44. The summed E-state index contributed by atoms with van der Waals surface area (Å²) in [4.78, 5) is 5.41. The third-order valence-electron chi connectivity index (χ3n) is 2.88. The van der Waals surface area contributed by atoms with Gasteiger partial charge < -0.3 is 5.32 Å². The summed E-state index contributed by atoms with van der Waals surface area (Å²) in [6.45, 7) is 6.87. The van der Waals surface area contributed by atoms with E-state index in [0.717, 1.165) is 27.6 Å². The van der Waals surface area contributed by atoms with E-state index in [1.54, 1.807) is 17.4 Å². The third kappa shape index (κ3) is 2.76. The van der Waals surface area contributed by atoms with Crippen molar-refractivity contribution in [3.05, 3.63) is 51.2 Å². The first-order valence-corrected chi connectivity index (χ1v) is 6.85. The van der Waals surface area contributed by atoms with Crippen LogP contribution in [0.4, 0.5) is 4.39 Å². The Morgan fingerprint density at radius 2 is 2.17 bits per heavy atom. The van der Waals surface area contributed by atoms with E-state index in [2.05, 4.69) is 17.2 Å². The number of thiazole rings is 1. The number of nitrogens with zero attached hydrogens (tertiary/aromatic N) is 1. The molecule has 0 aliphatic heterocycles. The maximum atomic E-state index is 13.4. The highest BCUT2D eigenvalue weighted by Gasteiger charge is 2.18. The van der Waals surface area contributed by atoms with Gasteiger partial charge in [-0.25, -0.2) is 9.37 Å². The van der Waals surface area contributed by atoms with E-state index in [4.69, 9.17) is 0 Å². The highest BCUT2D eigenvalue weighted by Crippen LogP contribution is 2.29. The van der Waals surface area contributed by atoms with Crippen molar-refractivity contribution in [2.45, 2.75) is 26.8 Å². The zero-order chi connectivity index (χ0) is 13.1. The van der Waals surface area contributed by atoms with E-state index < -0.39 is 0 Å². The van der Waals surface area contributed by atoms with Crippen molar-refractivity contribution in [1.82, 2.24) is 10.3 Å². The molecule has 0 aliphatic rings. The Labute approximate surface area is 111 Å². The van der Waals surface area contributed by atoms with Gasteiger partial charge in [0.2, 0.25) is 0 Å². The molecular formula is C14H17FN2S. The minimum absolute atomic E-state index is 0.0249. The highest BCUT2D eigenvalue weighted by molar-refractivity contribution is 7.11. The maximum Gasteiger partial charge on any atom is 0.123 e. The fourth-order valence-corrected chi connectivity index (χ4v) is 2.88. The van der Waals surface area contributed by atoms with Gasteiger partial charge in [0.15, 0.2) is 0 Å². The van der Waals surface area contributed by atoms with Crippen LogP contribution in [0.1, 0.15) is 34.0 Å². The van der Waals surface area contributed by atoms with Gasteiger partial charge in [-0.2, -0.15) is 0 Å². The SMILES string of the molecule is CCNC(c1cnc(C)s1)c1cc(F)ccc1C. The van der Waals surface area contributed by atoms with Crippen molar-refractivity contribution in [3.63, 3.8) is 0 Å². The van der Waals surface area contributed by atoms with Crippen LogP contribution in [0, 0.1) is 19.7 Å². The third-order valence-corrected chi connectivity index (χ3v) is 3.86. The Morgan fingerprint density at radius 1 is 1.39 bits per heavy atom. The van der Waals surface area contributed by atoms with Crippen molar-refractivity contribution in [1.29, 1.82) is 0 Å². The fourth-order valence-electron chi connectivity index (χ4n) is 2.00. The van der Waals surface area contributed by atoms with Crippen LogP contribution in [0.25, 0.3) is 0 Å². The molecular weight excluding hydrogens is 247 g/mol. The van der Waals surface area contributed by atoms with Crippen molar-refractivity contribution in [2.75, 3.05) is 6.54 Å². The van der Waals surface area contributed by atoms with E-state index in [1.165, 1.54) is 6.07 Å². The van der Waals surface area contributed by atoms with Crippen LogP contribution < -0.4 is 5.32 Å². The summed E-state index contributed by atoms with van der Waals surface area (Å²) >= 11 is 1.65. The molecule has 0 amide bonds. The van der Waals surface area contributed by atoms with Gasteiger partial charge in [0, 0.05) is 11.1 Å². The topological polar surface area (TPSA) is 24.9 Å². The average molecular weight is 264 g/mol. The minimum Gasteiger partial charge on any atom is -0.306 e. The van der Waals surface area contributed by atoms with Crippen molar-refractivity contribution in [3.8, 4) is 0 Å². The van der Waals surface area contributed by atoms with Gasteiger partial charge in [-0.15, -0.1) is 11.3 Å². The lowest BCUT2D eigenvalue weighted by Crippen LogP contribution is -2.22. The van der Waals surface area contributed by atoms with Crippen LogP contribution in [0.2, 0.25) is 0 Å². The van der Waals surface area contributed by atoms with Gasteiger partial charge in [-0.3, -0.25) is 0 Å². The van der Waals surface area contributed by atoms with Gasteiger partial charge in [0.25, 0.3) is 0 Å². The Bertz CT molecular complexity index is 536. The summed E-state index contributed by atoms with van der Waals surface area (Å²) in [5, 5.41) is 4.43. The predicted octanol–water partition coefficient (Wildman–Crippen LogP) is 3.60. The molecule has 0 bridgehead atoms. The molecule has 0 saturated carbocycles. The van der Waals surface area contributed by atoms with Crippen LogP contribution in [-0.4, -0.2) is 11.5 Å². The average Bonchev–Trinajstić information content (AvgIpc) is 2.76. The smallest absolute Gasteiger partial charge is 0.123 e. The van der Waals surface area contributed by atoms with Crippen molar-refractivity contribution < 1.29 is 4.39 Å². The molecule has 0 radical (unpaired) electrons. The molecule has 1 unspecified atom stereocenters. The van der Waals surface area contributed by atoms with Gasteiger partial charge >= 0.3 is 0 Å². The molecule has 0 fully saturated rings. The van der Waals surface area contributed by atoms with Gasteiger partial charge in [-0.1, -0.05) is 13.0 Å². The second-order valence-corrected chi connectivity index (χ2v) is 5.54. The lowest BCUT2D eigenvalue weighted by Gasteiger charge is -2.18. The van der Waals surface area contributed by atoms with Gasteiger partial charge in [-0.05, 0) is 43.7 Å². The van der Waals surface area contributed by atoms with Crippen molar-refractivity contribution >= 4 is 11.3 Å². The molecule has 0 saturated heterocycles. The summed E-state index contributed by atoms with van der Waals surface area (Å²) < 4.78 is 13.4. The normalized spacial score (nSPS) is 12.7. The second kappa shape index (κ2) is 5.59. The Hall–Kier alpha value is -1.26. The minimum atomic E-state index is -0.195. The highest BCUT2D eigenvalue weighted by atomic mass is 32.1. The number of halogens is 1. The number of rotatable bonds is 4. The van der Waals surface area contributed by atoms with Crippen LogP contribution in [0.3, 0.4) is 0 Å². The van der Waals surface area contributed by atoms with E-state index >= 15 is 0 Å². The fraction of sp³-hybridized carbons (Fsp3) is 0.357. The number of aryl methyl sites for hydroxylation is 2. The maximum absolute atomic E-state index is 13.4. The number of hydrogen-bond donors (Lipinski definition) is 1. The molecule has 96 valence electrons. The van der Waals surface area contributed by atoms with Crippen LogP contribution in [-0.2, 0) is 0 Å². The molecule has 2 nitrogen and oxygen atoms in total. The number of nitrogens with one attached hydrogen (secondary N) is 1. The van der Waals surface area contributed by atoms with E-state index in [1.807, 2.05) is 26.1 Å². The predicted molar refractivity (Wildman–Crippen MR) is 73.5 cm³/mol. The molecule has 2 rings (SSSR count). The molecule has 1 aromatic carbocycles. The lowest BCUT2D eigenvalue weighted by atomic mass is 10.00. The monoisotopic (exact) mass is 264 g/mol. The summed E-state index contributed by atoms with van der Waals surface area (Å²) in [5.41, 5.74) is 2.08. The Kier molecular flexibility index (Phi) is 4.09. The van der Waals surface area contributed by atoms with Crippen LogP contribution in [0.15, 0.2) is 24.4 Å². The first-order valence-electron chi connectivity index (χ1n) is 6.03. The molecule has 4 heteroatoms. The molecule has 0 aliphatic carbocycles.